The number of carbonyl (C=O) groups excluding carboxylic acids is 2. The summed E-state index contributed by atoms with van der Waals surface area (Å²) >= 11 is 0. The second-order valence-electron chi connectivity index (χ2n) is 17.3. The minimum absolute atomic E-state index is 0.0384. The van der Waals surface area contributed by atoms with Gasteiger partial charge >= 0.3 is 7.12 Å². The lowest BCUT2D eigenvalue weighted by Crippen LogP contribution is -2.66. The number of aromatic hydroxyl groups is 1. The molecule has 55 heavy (non-hydrogen) atoms. The average molecular weight is 760 g/mol. The quantitative estimate of drug-likeness (QED) is 0.110. The zero-order valence-electron chi connectivity index (χ0n) is 33.1. The third-order valence-electron chi connectivity index (χ3n) is 12.7. The molecule has 0 bridgehead atoms. The molecule has 2 aliphatic carbocycles. The van der Waals surface area contributed by atoms with Crippen molar-refractivity contribution in [3.63, 3.8) is 0 Å². The normalized spacial score (nSPS) is 24.0. The number of hydrogen-bond acceptors (Lipinski definition) is 6. The molecule has 0 radical (unpaired) electrons. The molecule has 7 nitrogen and oxygen atoms in total. The number of rotatable bonds is 12. The molecule has 0 spiro atoms. The van der Waals surface area contributed by atoms with Crippen LogP contribution in [-0.2, 0) is 18.7 Å². The Labute approximate surface area is 329 Å². The van der Waals surface area contributed by atoms with Gasteiger partial charge in [-0.25, -0.2) is 0 Å². The number of carbonyl (C=O) groups is 2. The molecule has 3 aromatic carbocycles. The maximum Gasteiger partial charge on any atom is 0.455 e. The molecule has 2 amide bonds. The van der Waals surface area contributed by atoms with Crippen molar-refractivity contribution in [3.05, 3.63) is 107 Å². The van der Waals surface area contributed by atoms with Crippen LogP contribution in [0.15, 0.2) is 102 Å². The van der Waals surface area contributed by atoms with Gasteiger partial charge in [-0.3, -0.25) is 14.5 Å². The fraction of sp³-hybridized carbons (Fsp3) is 0.478. The van der Waals surface area contributed by atoms with E-state index in [9.17, 15) is 19.7 Å². The number of nitrogens with zero attached hydrogens (tertiary/aromatic N) is 1. The van der Waals surface area contributed by atoms with Crippen LogP contribution >= 0.6 is 0 Å². The number of amides is 2. The van der Waals surface area contributed by atoms with Crippen LogP contribution in [0.3, 0.4) is 0 Å². The third-order valence-corrected chi connectivity index (χ3v) is 17.7. The SMILES string of the molecule is CCC/C(=C\c1ccc(O)cc1)CC[C@H]1OB(O)C[C@H]2C1=C(CO[Si](c1ccccc1)(c1ccccc1)C(C)(C)C)C[C@H]1C(=O)N(C3CCCCC3)C(=O)[C@H]12. The van der Waals surface area contributed by atoms with Crippen LogP contribution in [0.2, 0.25) is 11.4 Å². The molecule has 7 rings (SSSR count). The maximum atomic E-state index is 14.5. The van der Waals surface area contributed by atoms with Crippen LogP contribution in [0.25, 0.3) is 6.08 Å². The standard InChI is InChI=1S/C46H58BNO6Si/c1-5-15-32(28-33-22-25-36(49)26-23-33)24-27-41-42-34(31-53-55(46(2,3)4,37-18-11-7-12-19-37)38-20-13-8-14-21-38)29-39-43(40(42)30-47(52)54-41)45(51)48(44(39)50)35-16-9-6-10-17-35/h7-8,11-14,18-23,25-26,28,35,39-41,43,49,52H,5-6,9-10,15-17,24,27,29-31H2,1-4H3/b32-28+/t39-,40+,41-,43-/m1/s1. The van der Waals surface area contributed by atoms with Gasteiger partial charge in [-0.1, -0.05) is 138 Å². The molecule has 0 aromatic heterocycles. The number of benzene rings is 3. The number of hydrogen-bond donors (Lipinski definition) is 2. The van der Waals surface area contributed by atoms with Gasteiger partial charge < -0.3 is 19.2 Å². The van der Waals surface area contributed by atoms with Gasteiger partial charge in [-0.15, -0.1) is 0 Å². The second kappa shape index (κ2) is 16.8. The Morgan fingerprint density at radius 3 is 2.13 bits per heavy atom. The Morgan fingerprint density at radius 1 is 0.891 bits per heavy atom. The van der Waals surface area contributed by atoms with Crippen LogP contribution in [0.5, 0.6) is 5.75 Å². The predicted molar refractivity (Wildman–Crippen MR) is 222 cm³/mol. The average Bonchev–Trinajstić information content (AvgIpc) is 3.43. The van der Waals surface area contributed by atoms with Crippen molar-refractivity contribution in [1.29, 1.82) is 0 Å². The van der Waals surface area contributed by atoms with E-state index in [1.807, 2.05) is 24.3 Å². The zero-order chi connectivity index (χ0) is 38.7. The molecule has 2 aliphatic heterocycles. The Balaban J connectivity index is 1.29. The first-order chi connectivity index (χ1) is 26.5. The lowest BCUT2D eigenvalue weighted by Gasteiger charge is -2.46. The summed E-state index contributed by atoms with van der Waals surface area (Å²) < 4.78 is 14.0. The molecular weight excluding hydrogens is 701 g/mol. The fourth-order valence-electron chi connectivity index (χ4n) is 10.3. The molecule has 2 N–H and O–H groups in total. The van der Waals surface area contributed by atoms with E-state index in [-0.39, 0.29) is 34.6 Å². The molecule has 9 heteroatoms. The predicted octanol–water partition coefficient (Wildman–Crippen LogP) is 8.06. The summed E-state index contributed by atoms with van der Waals surface area (Å²) in [5, 5.41) is 23.4. The summed E-state index contributed by atoms with van der Waals surface area (Å²) in [6.07, 6.45) is 10.8. The topological polar surface area (TPSA) is 96.3 Å². The maximum absolute atomic E-state index is 14.5. The van der Waals surface area contributed by atoms with Crippen molar-refractivity contribution in [2.75, 3.05) is 6.61 Å². The first-order valence-corrected chi connectivity index (χ1v) is 22.6. The van der Waals surface area contributed by atoms with Crippen LogP contribution in [0.4, 0.5) is 0 Å². The van der Waals surface area contributed by atoms with Gasteiger partial charge in [0.25, 0.3) is 8.32 Å². The lowest BCUT2D eigenvalue weighted by atomic mass is 9.58. The van der Waals surface area contributed by atoms with Crippen molar-refractivity contribution in [2.45, 2.75) is 115 Å². The Morgan fingerprint density at radius 2 is 1.53 bits per heavy atom. The Kier molecular flexibility index (Phi) is 12.0. The van der Waals surface area contributed by atoms with E-state index in [0.29, 0.717) is 25.8 Å². The molecule has 3 fully saturated rings. The number of fused-ring (bicyclic) bond motifs is 3. The number of phenols is 1. The molecule has 3 aromatic rings. The van der Waals surface area contributed by atoms with E-state index < -0.39 is 33.4 Å². The number of imide groups is 1. The highest BCUT2D eigenvalue weighted by Gasteiger charge is 2.59. The van der Waals surface area contributed by atoms with Crippen molar-refractivity contribution in [1.82, 2.24) is 4.90 Å². The summed E-state index contributed by atoms with van der Waals surface area (Å²) in [5.74, 6) is -1.11. The molecular formula is C46H58BNO6Si. The number of phenolic OH excluding ortho intramolecular Hbond substituents is 1. The van der Waals surface area contributed by atoms with Gasteiger partial charge in [0.15, 0.2) is 0 Å². The van der Waals surface area contributed by atoms with Crippen LogP contribution in [0.1, 0.15) is 97.5 Å². The summed E-state index contributed by atoms with van der Waals surface area (Å²) in [7, 11) is -3.97. The van der Waals surface area contributed by atoms with Crippen molar-refractivity contribution in [2.24, 2.45) is 17.8 Å². The van der Waals surface area contributed by atoms with Gasteiger partial charge in [0.05, 0.1) is 24.5 Å². The monoisotopic (exact) mass is 759 g/mol. The summed E-state index contributed by atoms with van der Waals surface area (Å²) in [6, 6.07) is 28.5. The van der Waals surface area contributed by atoms with E-state index >= 15 is 0 Å². The van der Waals surface area contributed by atoms with E-state index in [1.54, 1.807) is 17.0 Å². The largest absolute Gasteiger partial charge is 0.508 e. The van der Waals surface area contributed by atoms with Gasteiger partial charge in [0, 0.05) is 6.04 Å². The van der Waals surface area contributed by atoms with E-state index in [1.165, 1.54) is 15.9 Å². The second-order valence-corrected chi connectivity index (χ2v) is 21.6. The third kappa shape index (κ3) is 7.95. The first kappa shape index (κ1) is 39.5. The van der Waals surface area contributed by atoms with Crippen LogP contribution in [0, 0.1) is 17.8 Å². The van der Waals surface area contributed by atoms with E-state index in [2.05, 4.69) is 82.3 Å². The number of likely N-dealkylation sites (tertiary alicyclic amines) is 1. The molecule has 2 saturated heterocycles. The molecule has 1 saturated carbocycles. The van der Waals surface area contributed by atoms with Crippen molar-refractivity contribution < 1.29 is 28.8 Å². The Hall–Kier alpha value is -3.76. The highest BCUT2D eigenvalue weighted by molar-refractivity contribution is 6.99. The smallest absolute Gasteiger partial charge is 0.455 e. The summed E-state index contributed by atoms with van der Waals surface area (Å²) in [6.45, 7) is 9.32. The van der Waals surface area contributed by atoms with Gasteiger partial charge in [0.1, 0.15) is 5.75 Å². The lowest BCUT2D eigenvalue weighted by molar-refractivity contribution is -0.143. The molecule has 4 atom stereocenters. The number of allylic oxidation sites excluding steroid dienone is 1. The minimum Gasteiger partial charge on any atom is -0.508 e. The highest BCUT2D eigenvalue weighted by Crippen LogP contribution is 2.52. The minimum atomic E-state index is -2.94. The van der Waals surface area contributed by atoms with Crippen molar-refractivity contribution in [3.8, 4) is 5.75 Å². The highest BCUT2D eigenvalue weighted by atomic mass is 28.4. The fourth-order valence-corrected chi connectivity index (χ4v) is 14.8. The first-order valence-electron chi connectivity index (χ1n) is 20.7. The molecule has 4 aliphatic rings. The van der Waals surface area contributed by atoms with Gasteiger partial charge in [0.2, 0.25) is 11.8 Å². The van der Waals surface area contributed by atoms with Gasteiger partial charge in [-0.2, -0.15) is 0 Å². The summed E-state index contributed by atoms with van der Waals surface area (Å²) in [4.78, 5) is 30.6. The van der Waals surface area contributed by atoms with Crippen LogP contribution in [-0.4, -0.2) is 61.0 Å². The molecule has 290 valence electrons. The van der Waals surface area contributed by atoms with Gasteiger partial charge in [-0.05, 0) is 95.0 Å². The van der Waals surface area contributed by atoms with E-state index in [0.717, 1.165) is 68.1 Å². The molecule has 0 unspecified atom stereocenters. The Bertz CT molecular complexity index is 1830. The summed E-state index contributed by atoms with van der Waals surface area (Å²) in [5.41, 5.74) is 4.42. The van der Waals surface area contributed by atoms with Crippen molar-refractivity contribution >= 4 is 43.7 Å². The zero-order valence-corrected chi connectivity index (χ0v) is 34.1. The van der Waals surface area contributed by atoms with Crippen LogP contribution < -0.4 is 10.4 Å². The molecule has 2 heterocycles. The van der Waals surface area contributed by atoms with E-state index in [4.69, 9.17) is 9.08 Å².